The number of pyridine rings is 1. The molecule has 3 saturated heterocycles. The number of likely N-dealkylation sites (tertiary alicyclic amines) is 2. The van der Waals surface area contributed by atoms with E-state index in [1.165, 1.54) is 0 Å². The highest BCUT2D eigenvalue weighted by Gasteiger charge is 2.28. The van der Waals surface area contributed by atoms with Crippen LogP contribution in [-0.2, 0) is 4.79 Å². The third kappa shape index (κ3) is 4.08. The lowest BCUT2D eigenvalue weighted by atomic mass is 9.96. The second kappa shape index (κ2) is 7.84. The number of hydrogen-bond acceptors (Lipinski definition) is 5. The Hall–Kier alpha value is -2.15. The van der Waals surface area contributed by atoms with E-state index in [1.807, 2.05) is 26.8 Å². The minimum atomic E-state index is -0.287. The zero-order valence-corrected chi connectivity index (χ0v) is 15.7. The molecule has 0 spiro atoms. The van der Waals surface area contributed by atoms with Gasteiger partial charge in [0.25, 0.3) is 5.91 Å². The molecule has 1 aromatic rings. The highest BCUT2D eigenvalue weighted by Crippen LogP contribution is 2.23. The van der Waals surface area contributed by atoms with Gasteiger partial charge in [0.05, 0.1) is 11.7 Å². The molecule has 0 radical (unpaired) electrons. The van der Waals surface area contributed by atoms with Crippen molar-refractivity contribution in [2.45, 2.75) is 38.2 Å². The molecule has 3 fully saturated rings. The Morgan fingerprint density at radius 3 is 2.56 bits per heavy atom. The smallest absolute Gasteiger partial charge is 0.255 e. The lowest BCUT2D eigenvalue weighted by molar-refractivity contribution is -0.128. The normalized spacial score (nSPS) is 24.1. The van der Waals surface area contributed by atoms with Gasteiger partial charge in [-0.3, -0.25) is 9.59 Å². The van der Waals surface area contributed by atoms with Gasteiger partial charge >= 0.3 is 0 Å². The molecule has 1 N–H and O–H groups in total. The van der Waals surface area contributed by atoms with E-state index in [9.17, 15) is 14.7 Å². The summed E-state index contributed by atoms with van der Waals surface area (Å²) in [7, 11) is 0. The van der Waals surface area contributed by atoms with Crippen molar-refractivity contribution in [3.8, 4) is 0 Å². The molecule has 3 aliphatic rings. The van der Waals surface area contributed by atoms with Crippen LogP contribution in [0.4, 0.5) is 5.82 Å². The van der Waals surface area contributed by atoms with Crippen LogP contribution >= 0.6 is 0 Å². The molecular weight excluding hydrogens is 344 g/mol. The molecule has 0 saturated carbocycles. The van der Waals surface area contributed by atoms with Crippen LogP contribution in [0, 0.1) is 5.92 Å². The number of nitrogens with zero attached hydrogens (tertiary/aromatic N) is 4. The molecule has 1 aromatic heterocycles. The minimum absolute atomic E-state index is 0.0335. The molecule has 4 heterocycles. The van der Waals surface area contributed by atoms with Crippen molar-refractivity contribution in [3.05, 3.63) is 23.9 Å². The van der Waals surface area contributed by atoms with Gasteiger partial charge < -0.3 is 19.8 Å². The van der Waals surface area contributed by atoms with Crippen molar-refractivity contribution in [1.82, 2.24) is 14.8 Å². The fraction of sp³-hybridized carbons (Fsp3) is 0.650. The maximum atomic E-state index is 12.8. The first-order valence-electron chi connectivity index (χ1n) is 10.1. The van der Waals surface area contributed by atoms with Gasteiger partial charge in [0.2, 0.25) is 5.91 Å². The number of carbonyl (C=O) groups excluding carboxylic acids is 2. The molecular formula is C20H28N4O3. The van der Waals surface area contributed by atoms with Gasteiger partial charge in [-0.15, -0.1) is 0 Å². The van der Waals surface area contributed by atoms with Crippen molar-refractivity contribution < 1.29 is 14.7 Å². The third-order valence-corrected chi connectivity index (χ3v) is 6.03. The first kappa shape index (κ1) is 18.2. The van der Waals surface area contributed by atoms with Crippen LogP contribution in [0.25, 0.3) is 0 Å². The van der Waals surface area contributed by atoms with Gasteiger partial charge in [-0.25, -0.2) is 4.98 Å². The monoisotopic (exact) mass is 372 g/mol. The number of rotatable bonds is 4. The van der Waals surface area contributed by atoms with Crippen molar-refractivity contribution >= 4 is 17.6 Å². The Balaban J connectivity index is 1.29. The third-order valence-electron chi connectivity index (χ3n) is 6.03. The van der Waals surface area contributed by atoms with Gasteiger partial charge in [0.1, 0.15) is 5.82 Å². The molecule has 3 aliphatic heterocycles. The number of hydrogen-bond donors (Lipinski definition) is 1. The van der Waals surface area contributed by atoms with E-state index in [1.54, 1.807) is 6.20 Å². The second-order valence-corrected chi connectivity index (χ2v) is 7.97. The highest BCUT2D eigenvalue weighted by atomic mass is 16.3. The summed E-state index contributed by atoms with van der Waals surface area (Å²) in [5.41, 5.74) is 0.617. The van der Waals surface area contributed by atoms with Crippen molar-refractivity contribution in [2.75, 3.05) is 44.2 Å². The van der Waals surface area contributed by atoms with Crippen LogP contribution in [0.1, 0.15) is 42.5 Å². The van der Waals surface area contributed by atoms with E-state index in [-0.39, 0.29) is 17.9 Å². The average Bonchev–Trinajstić information content (AvgIpc) is 3.30. The summed E-state index contributed by atoms with van der Waals surface area (Å²) in [6.07, 6.45) is 5.70. The zero-order chi connectivity index (χ0) is 18.8. The van der Waals surface area contributed by atoms with E-state index in [0.717, 1.165) is 64.2 Å². The average molecular weight is 372 g/mol. The van der Waals surface area contributed by atoms with Gasteiger partial charge in [0, 0.05) is 51.9 Å². The maximum Gasteiger partial charge on any atom is 0.255 e. The van der Waals surface area contributed by atoms with E-state index < -0.39 is 0 Å². The van der Waals surface area contributed by atoms with Crippen molar-refractivity contribution in [3.63, 3.8) is 0 Å². The molecule has 1 atom stereocenters. The summed E-state index contributed by atoms with van der Waals surface area (Å²) in [5, 5.41) is 9.65. The van der Waals surface area contributed by atoms with Crippen LogP contribution < -0.4 is 4.90 Å². The highest BCUT2D eigenvalue weighted by molar-refractivity contribution is 5.94. The Morgan fingerprint density at radius 2 is 1.96 bits per heavy atom. The molecule has 2 amide bonds. The number of aromatic nitrogens is 1. The number of amides is 2. The van der Waals surface area contributed by atoms with Gasteiger partial charge in [-0.2, -0.15) is 0 Å². The Morgan fingerprint density at radius 1 is 1.15 bits per heavy atom. The summed E-state index contributed by atoms with van der Waals surface area (Å²) in [4.78, 5) is 34.9. The lowest BCUT2D eigenvalue weighted by Crippen LogP contribution is -2.41. The summed E-state index contributed by atoms with van der Waals surface area (Å²) in [6.45, 7) is 4.63. The zero-order valence-electron chi connectivity index (χ0n) is 15.7. The molecule has 0 bridgehead atoms. The number of anilines is 1. The largest absolute Gasteiger partial charge is 0.391 e. The SMILES string of the molecule is O=C1CCCN1CC1CCN(C(=O)c2ccc(N3CC[C@@H](O)C3)nc2)CC1. The predicted octanol–water partition coefficient (Wildman–Crippen LogP) is 1.13. The molecule has 0 aromatic carbocycles. The van der Waals surface area contributed by atoms with E-state index in [2.05, 4.69) is 4.98 Å². The predicted molar refractivity (Wildman–Crippen MR) is 102 cm³/mol. The fourth-order valence-electron chi connectivity index (χ4n) is 4.36. The maximum absolute atomic E-state index is 12.8. The van der Waals surface area contributed by atoms with Crippen molar-refractivity contribution in [1.29, 1.82) is 0 Å². The molecule has 0 unspecified atom stereocenters. The Kier molecular flexibility index (Phi) is 5.29. The van der Waals surface area contributed by atoms with Crippen LogP contribution in [0.5, 0.6) is 0 Å². The topological polar surface area (TPSA) is 77.0 Å². The summed E-state index contributed by atoms with van der Waals surface area (Å²) in [5.74, 6) is 1.63. The first-order valence-corrected chi connectivity index (χ1v) is 10.1. The summed E-state index contributed by atoms with van der Waals surface area (Å²) in [6, 6.07) is 3.71. The Labute approximate surface area is 160 Å². The van der Waals surface area contributed by atoms with E-state index in [0.29, 0.717) is 24.4 Å². The number of aliphatic hydroxyl groups excluding tert-OH is 1. The molecule has 27 heavy (non-hydrogen) atoms. The number of piperidine rings is 1. The summed E-state index contributed by atoms with van der Waals surface area (Å²) < 4.78 is 0. The first-order chi connectivity index (χ1) is 13.1. The Bertz CT molecular complexity index is 685. The quantitative estimate of drug-likeness (QED) is 0.857. The lowest BCUT2D eigenvalue weighted by Gasteiger charge is -2.34. The minimum Gasteiger partial charge on any atom is -0.391 e. The van der Waals surface area contributed by atoms with Crippen LogP contribution in [-0.4, -0.2) is 77.1 Å². The van der Waals surface area contributed by atoms with Crippen molar-refractivity contribution in [2.24, 2.45) is 5.92 Å². The second-order valence-electron chi connectivity index (χ2n) is 7.97. The molecule has 7 nitrogen and oxygen atoms in total. The van der Waals surface area contributed by atoms with Gasteiger partial charge in [-0.05, 0) is 43.7 Å². The van der Waals surface area contributed by atoms with Gasteiger partial charge in [-0.1, -0.05) is 0 Å². The van der Waals surface area contributed by atoms with E-state index in [4.69, 9.17) is 0 Å². The standard InChI is InChI=1S/C20H28N4O3/c25-17-7-11-23(14-17)18-4-3-16(12-21-18)20(27)22-9-5-15(6-10-22)13-24-8-1-2-19(24)26/h3-4,12,15,17,25H,1-2,5-11,13-14H2/t17-/m1/s1. The molecule has 0 aliphatic carbocycles. The molecule has 146 valence electrons. The van der Waals surface area contributed by atoms with Crippen LogP contribution in [0.2, 0.25) is 0 Å². The molecule has 7 heteroatoms. The molecule has 4 rings (SSSR count). The van der Waals surface area contributed by atoms with Crippen LogP contribution in [0.3, 0.4) is 0 Å². The summed E-state index contributed by atoms with van der Waals surface area (Å²) >= 11 is 0. The number of carbonyl (C=O) groups is 2. The number of β-amino-alcohol motifs (C(OH)–C–C–N with tert-alkyl or cyclic N) is 1. The van der Waals surface area contributed by atoms with Gasteiger partial charge in [0.15, 0.2) is 0 Å². The number of aliphatic hydroxyl groups is 1. The fourth-order valence-corrected chi connectivity index (χ4v) is 4.36. The van der Waals surface area contributed by atoms with Crippen LogP contribution in [0.15, 0.2) is 18.3 Å². The van der Waals surface area contributed by atoms with E-state index >= 15 is 0 Å².